The number of amides is 1. The third-order valence-corrected chi connectivity index (χ3v) is 3.27. The lowest BCUT2D eigenvalue weighted by Gasteiger charge is -2.15. The summed E-state index contributed by atoms with van der Waals surface area (Å²) in [5.41, 5.74) is 1.02. The van der Waals surface area contributed by atoms with Gasteiger partial charge < -0.3 is 5.32 Å². The maximum absolute atomic E-state index is 11.9. The van der Waals surface area contributed by atoms with Crippen LogP contribution in [0.5, 0.6) is 0 Å². The van der Waals surface area contributed by atoms with E-state index in [4.69, 9.17) is 5.26 Å². The maximum Gasteiger partial charge on any atom is 0.227 e. The Morgan fingerprint density at radius 3 is 2.59 bits per heavy atom. The van der Waals surface area contributed by atoms with Gasteiger partial charge in [0.05, 0.1) is 11.3 Å². The van der Waals surface area contributed by atoms with E-state index in [9.17, 15) is 4.79 Å². The first kappa shape index (κ1) is 13.7. The van der Waals surface area contributed by atoms with E-state index in [1.807, 2.05) is 20.8 Å². The molecule has 0 aromatic heterocycles. The molecule has 1 amide bonds. The maximum atomic E-state index is 11.9. The third-order valence-electron chi connectivity index (χ3n) is 2.77. The number of rotatable bonds is 3. The van der Waals surface area contributed by atoms with Gasteiger partial charge >= 0.3 is 0 Å². The molecule has 0 spiro atoms. The van der Waals surface area contributed by atoms with Gasteiger partial charge in [0.15, 0.2) is 0 Å². The third kappa shape index (κ3) is 3.57. The summed E-state index contributed by atoms with van der Waals surface area (Å²) >= 11 is 3.29. The lowest BCUT2D eigenvalue weighted by molar-refractivity contribution is -0.120. The van der Waals surface area contributed by atoms with Gasteiger partial charge in [-0.3, -0.25) is 4.79 Å². The first-order valence-corrected chi connectivity index (χ1v) is 6.25. The summed E-state index contributed by atoms with van der Waals surface area (Å²) in [5.74, 6) is 0.139. The minimum Gasteiger partial charge on any atom is -0.325 e. The zero-order valence-corrected chi connectivity index (χ0v) is 11.7. The van der Waals surface area contributed by atoms with Crippen LogP contribution in [0.25, 0.3) is 0 Å². The topological polar surface area (TPSA) is 52.9 Å². The lowest BCUT2D eigenvalue weighted by Crippen LogP contribution is -2.24. The van der Waals surface area contributed by atoms with E-state index in [2.05, 4.69) is 27.3 Å². The summed E-state index contributed by atoms with van der Waals surface area (Å²) in [5, 5.41) is 11.8. The molecule has 0 bridgehead atoms. The largest absolute Gasteiger partial charge is 0.325 e. The van der Waals surface area contributed by atoms with Gasteiger partial charge in [-0.1, -0.05) is 36.7 Å². The summed E-state index contributed by atoms with van der Waals surface area (Å²) in [4.78, 5) is 11.9. The molecule has 0 aliphatic heterocycles. The van der Waals surface area contributed by atoms with Crippen molar-refractivity contribution in [2.24, 2.45) is 11.8 Å². The molecule has 1 N–H and O–H groups in total. The van der Waals surface area contributed by atoms with Crippen LogP contribution >= 0.6 is 15.9 Å². The highest BCUT2D eigenvalue weighted by molar-refractivity contribution is 9.10. The molecule has 4 heteroatoms. The summed E-state index contributed by atoms with van der Waals surface area (Å²) in [6.07, 6.45) is 0. The second-order valence-corrected chi connectivity index (χ2v) is 5.24. The van der Waals surface area contributed by atoms with Crippen LogP contribution in [0.4, 0.5) is 5.69 Å². The molecule has 0 heterocycles. The molecule has 90 valence electrons. The number of nitrogens with zero attached hydrogens (tertiary/aromatic N) is 1. The molecule has 1 unspecified atom stereocenters. The van der Waals surface area contributed by atoms with E-state index < -0.39 is 0 Å². The molecule has 0 aliphatic carbocycles. The molecule has 0 saturated carbocycles. The highest BCUT2D eigenvalue weighted by Gasteiger charge is 2.17. The molecule has 0 fully saturated rings. The van der Waals surface area contributed by atoms with E-state index in [0.29, 0.717) is 11.3 Å². The summed E-state index contributed by atoms with van der Waals surface area (Å²) < 4.78 is 0.823. The van der Waals surface area contributed by atoms with Crippen molar-refractivity contribution in [3.05, 3.63) is 28.2 Å². The lowest BCUT2D eigenvalue weighted by atomic mass is 9.97. The number of nitrogens with one attached hydrogen (secondary N) is 1. The fourth-order valence-corrected chi connectivity index (χ4v) is 1.63. The average molecular weight is 295 g/mol. The Labute approximate surface area is 110 Å². The number of hydrogen-bond acceptors (Lipinski definition) is 2. The van der Waals surface area contributed by atoms with E-state index >= 15 is 0 Å². The second kappa shape index (κ2) is 5.83. The minimum absolute atomic E-state index is 0.0566. The molecule has 0 saturated heterocycles. The van der Waals surface area contributed by atoms with Crippen molar-refractivity contribution in [2.75, 3.05) is 5.32 Å². The van der Waals surface area contributed by atoms with Crippen molar-refractivity contribution in [2.45, 2.75) is 20.8 Å². The molecule has 17 heavy (non-hydrogen) atoms. The first-order chi connectivity index (χ1) is 7.95. The number of benzene rings is 1. The zero-order valence-electron chi connectivity index (χ0n) is 10.1. The number of carbonyl (C=O) groups excluding carboxylic acids is 1. The quantitative estimate of drug-likeness (QED) is 0.927. The molecule has 3 nitrogen and oxygen atoms in total. The Balaban J connectivity index is 2.89. The number of carbonyl (C=O) groups is 1. The van der Waals surface area contributed by atoms with Gasteiger partial charge in [0.1, 0.15) is 6.07 Å². The summed E-state index contributed by atoms with van der Waals surface area (Å²) in [6.45, 7) is 5.87. The minimum atomic E-state index is -0.0785. The zero-order chi connectivity index (χ0) is 13.0. The predicted molar refractivity (Wildman–Crippen MR) is 71.5 cm³/mol. The van der Waals surface area contributed by atoms with Gasteiger partial charge in [-0.15, -0.1) is 0 Å². The SMILES string of the molecule is CC(C)C(C)C(=O)Nc1ccc(Br)cc1C#N. The van der Waals surface area contributed by atoms with Crippen LogP contribution in [0, 0.1) is 23.2 Å². The van der Waals surface area contributed by atoms with Crippen LogP contribution in [-0.4, -0.2) is 5.91 Å². The van der Waals surface area contributed by atoms with Crippen LogP contribution in [0.15, 0.2) is 22.7 Å². The Hall–Kier alpha value is -1.34. The number of nitriles is 1. The molecule has 0 radical (unpaired) electrons. The highest BCUT2D eigenvalue weighted by Crippen LogP contribution is 2.21. The predicted octanol–water partition coefficient (Wildman–Crippen LogP) is 3.55. The standard InChI is InChI=1S/C13H15BrN2O/c1-8(2)9(3)13(17)16-12-5-4-11(14)6-10(12)7-15/h4-6,8-9H,1-3H3,(H,16,17). The Kier molecular flexibility index (Phi) is 4.71. The van der Waals surface area contributed by atoms with Crippen LogP contribution in [-0.2, 0) is 4.79 Å². The number of anilines is 1. The Bertz CT molecular complexity index is 463. The van der Waals surface area contributed by atoms with Crippen LogP contribution in [0.1, 0.15) is 26.3 Å². The molecule has 1 rings (SSSR count). The van der Waals surface area contributed by atoms with E-state index in [1.54, 1.807) is 18.2 Å². The van der Waals surface area contributed by atoms with Crippen molar-refractivity contribution in [1.82, 2.24) is 0 Å². The number of halogens is 1. The normalized spacial score (nSPS) is 12.0. The first-order valence-electron chi connectivity index (χ1n) is 5.46. The van der Waals surface area contributed by atoms with Crippen LogP contribution in [0.3, 0.4) is 0 Å². The summed E-state index contributed by atoms with van der Waals surface area (Å²) in [7, 11) is 0. The van der Waals surface area contributed by atoms with Gasteiger partial charge in [-0.2, -0.15) is 5.26 Å². The molecular formula is C13H15BrN2O. The van der Waals surface area contributed by atoms with E-state index in [0.717, 1.165) is 4.47 Å². The second-order valence-electron chi connectivity index (χ2n) is 4.32. The Morgan fingerprint density at radius 2 is 2.06 bits per heavy atom. The van der Waals surface area contributed by atoms with Crippen molar-refractivity contribution in [3.63, 3.8) is 0 Å². The van der Waals surface area contributed by atoms with Gasteiger partial charge in [-0.25, -0.2) is 0 Å². The van der Waals surface area contributed by atoms with Crippen LogP contribution in [0.2, 0.25) is 0 Å². The average Bonchev–Trinajstić information content (AvgIpc) is 2.30. The van der Waals surface area contributed by atoms with Crippen molar-refractivity contribution in [1.29, 1.82) is 5.26 Å². The molecular weight excluding hydrogens is 280 g/mol. The fraction of sp³-hybridized carbons (Fsp3) is 0.385. The van der Waals surface area contributed by atoms with Crippen molar-refractivity contribution >= 4 is 27.5 Å². The van der Waals surface area contributed by atoms with Crippen LogP contribution < -0.4 is 5.32 Å². The number of hydrogen-bond donors (Lipinski definition) is 1. The van der Waals surface area contributed by atoms with Gasteiger partial charge in [0.2, 0.25) is 5.91 Å². The molecule has 0 aliphatic rings. The van der Waals surface area contributed by atoms with E-state index in [-0.39, 0.29) is 17.7 Å². The smallest absolute Gasteiger partial charge is 0.227 e. The van der Waals surface area contributed by atoms with Crippen molar-refractivity contribution < 1.29 is 4.79 Å². The fourth-order valence-electron chi connectivity index (χ4n) is 1.27. The van der Waals surface area contributed by atoms with Gasteiger partial charge in [0, 0.05) is 10.4 Å². The van der Waals surface area contributed by atoms with Crippen molar-refractivity contribution in [3.8, 4) is 6.07 Å². The van der Waals surface area contributed by atoms with E-state index in [1.165, 1.54) is 0 Å². The molecule has 1 aromatic carbocycles. The summed E-state index contributed by atoms with van der Waals surface area (Å²) in [6, 6.07) is 7.29. The highest BCUT2D eigenvalue weighted by atomic mass is 79.9. The van der Waals surface area contributed by atoms with Gasteiger partial charge in [0.25, 0.3) is 0 Å². The molecule has 1 aromatic rings. The molecule has 1 atom stereocenters. The monoisotopic (exact) mass is 294 g/mol. The van der Waals surface area contributed by atoms with Gasteiger partial charge in [-0.05, 0) is 24.1 Å². The Morgan fingerprint density at radius 1 is 1.41 bits per heavy atom.